The molecule has 8 nitrogen and oxygen atoms in total. The minimum absolute atomic E-state index is 0.000193. The molecule has 26 heavy (non-hydrogen) atoms. The maximum absolute atomic E-state index is 11.8. The number of amides is 3. The predicted molar refractivity (Wildman–Crippen MR) is 98.3 cm³/mol. The number of benzene rings is 1. The Morgan fingerprint density at radius 2 is 1.85 bits per heavy atom. The molecular formula is C18H28N4O4. The molecule has 0 radical (unpaired) electrons. The van der Waals surface area contributed by atoms with Gasteiger partial charge in [0.25, 0.3) is 5.91 Å². The highest BCUT2D eigenvalue weighted by Crippen LogP contribution is 2.13. The fraction of sp³-hybridized carbons (Fsp3) is 0.500. The van der Waals surface area contributed by atoms with Crippen molar-refractivity contribution in [2.75, 3.05) is 19.7 Å². The van der Waals surface area contributed by atoms with Crippen molar-refractivity contribution in [3.8, 4) is 5.75 Å². The van der Waals surface area contributed by atoms with Gasteiger partial charge in [0.2, 0.25) is 11.8 Å². The van der Waals surface area contributed by atoms with Crippen LogP contribution in [-0.4, -0.2) is 43.5 Å². The lowest BCUT2D eigenvalue weighted by Gasteiger charge is -2.15. The molecule has 3 amide bonds. The molecule has 5 N–H and O–H groups in total. The lowest BCUT2D eigenvalue weighted by atomic mass is 10.1. The zero-order valence-corrected chi connectivity index (χ0v) is 15.5. The first-order valence-corrected chi connectivity index (χ1v) is 8.62. The number of rotatable bonds is 10. The Balaban J connectivity index is 2.40. The zero-order valence-electron chi connectivity index (χ0n) is 15.5. The van der Waals surface area contributed by atoms with E-state index in [1.807, 2.05) is 26.8 Å². The standard InChI is InChI=1S/C18H28N4O4/c1-4-20-16(24)11-26-14-7-5-6-13(8-14)9-21-15(23)10-22-18(25)17(19)12(2)3/h5-8,12,17H,4,9-11,19H2,1-3H3,(H,20,24)(H,21,23)(H,22,25)/t17-/m0/s1. The molecule has 0 aliphatic heterocycles. The number of ether oxygens (including phenoxy) is 1. The number of hydrogen-bond donors (Lipinski definition) is 4. The number of nitrogens with two attached hydrogens (primary N) is 1. The molecule has 0 spiro atoms. The SMILES string of the molecule is CCNC(=O)COc1cccc(CNC(=O)CNC(=O)[C@@H](N)C(C)C)c1. The second kappa shape index (κ2) is 11.1. The van der Waals surface area contributed by atoms with Gasteiger partial charge in [0, 0.05) is 13.1 Å². The second-order valence-corrected chi connectivity index (χ2v) is 6.15. The van der Waals surface area contributed by atoms with Gasteiger partial charge in [0.15, 0.2) is 6.61 Å². The largest absolute Gasteiger partial charge is 0.484 e. The molecule has 0 fully saturated rings. The maximum Gasteiger partial charge on any atom is 0.257 e. The highest BCUT2D eigenvalue weighted by atomic mass is 16.5. The third-order valence-electron chi connectivity index (χ3n) is 3.58. The average molecular weight is 364 g/mol. The normalized spacial score (nSPS) is 11.6. The van der Waals surface area contributed by atoms with Gasteiger partial charge in [-0.1, -0.05) is 26.0 Å². The summed E-state index contributed by atoms with van der Waals surface area (Å²) in [5, 5.41) is 7.86. The van der Waals surface area contributed by atoms with Crippen LogP contribution in [0.5, 0.6) is 5.75 Å². The van der Waals surface area contributed by atoms with Gasteiger partial charge in [-0.25, -0.2) is 0 Å². The van der Waals surface area contributed by atoms with Gasteiger partial charge < -0.3 is 26.4 Å². The van der Waals surface area contributed by atoms with E-state index < -0.39 is 6.04 Å². The highest BCUT2D eigenvalue weighted by molar-refractivity contribution is 5.87. The Morgan fingerprint density at radius 1 is 1.12 bits per heavy atom. The van der Waals surface area contributed by atoms with Crippen LogP contribution in [-0.2, 0) is 20.9 Å². The molecule has 144 valence electrons. The summed E-state index contributed by atoms with van der Waals surface area (Å²) >= 11 is 0. The maximum atomic E-state index is 11.8. The Hall–Kier alpha value is -2.61. The van der Waals surface area contributed by atoms with Crippen molar-refractivity contribution in [1.29, 1.82) is 0 Å². The van der Waals surface area contributed by atoms with Crippen LogP contribution in [0.15, 0.2) is 24.3 Å². The summed E-state index contributed by atoms with van der Waals surface area (Å²) in [6.45, 7) is 6.14. The van der Waals surface area contributed by atoms with E-state index in [2.05, 4.69) is 16.0 Å². The highest BCUT2D eigenvalue weighted by Gasteiger charge is 2.17. The smallest absolute Gasteiger partial charge is 0.257 e. The number of carbonyl (C=O) groups is 3. The first-order valence-electron chi connectivity index (χ1n) is 8.62. The van der Waals surface area contributed by atoms with E-state index in [0.717, 1.165) is 5.56 Å². The van der Waals surface area contributed by atoms with Gasteiger partial charge in [0.1, 0.15) is 5.75 Å². The molecule has 0 bridgehead atoms. The Morgan fingerprint density at radius 3 is 2.50 bits per heavy atom. The molecule has 1 rings (SSSR count). The first-order chi connectivity index (χ1) is 12.3. The third kappa shape index (κ3) is 7.98. The van der Waals surface area contributed by atoms with Crippen LogP contribution in [0.1, 0.15) is 26.3 Å². The van der Waals surface area contributed by atoms with Crippen molar-refractivity contribution in [2.24, 2.45) is 11.7 Å². The van der Waals surface area contributed by atoms with E-state index in [0.29, 0.717) is 12.3 Å². The Labute approximate surface area is 153 Å². The molecular weight excluding hydrogens is 336 g/mol. The molecule has 0 unspecified atom stereocenters. The average Bonchev–Trinajstić information content (AvgIpc) is 2.62. The fourth-order valence-electron chi connectivity index (χ4n) is 1.99. The fourth-order valence-corrected chi connectivity index (χ4v) is 1.99. The van der Waals surface area contributed by atoms with E-state index in [9.17, 15) is 14.4 Å². The molecule has 1 aromatic rings. The molecule has 0 heterocycles. The third-order valence-corrected chi connectivity index (χ3v) is 3.58. The Bertz CT molecular complexity index is 619. The topological polar surface area (TPSA) is 123 Å². The predicted octanol–water partition coefficient (Wildman–Crippen LogP) is -0.0828. The summed E-state index contributed by atoms with van der Waals surface area (Å²) in [6, 6.07) is 6.44. The zero-order chi connectivity index (χ0) is 19.5. The van der Waals surface area contributed by atoms with Gasteiger partial charge >= 0.3 is 0 Å². The van der Waals surface area contributed by atoms with Gasteiger partial charge in [-0.05, 0) is 30.5 Å². The van der Waals surface area contributed by atoms with Crippen molar-refractivity contribution in [3.05, 3.63) is 29.8 Å². The van der Waals surface area contributed by atoms with Gasteiger partial charge in [-0.2, -0.15) is 0 Å². The van der Waals surface area contributed by atoms with E-state index in [-0.39, 0.29) is 43.3 Å². The molecule has 0 saturated heterocycles. The number of nitrogens with one attached hydrogen (secondary N) is 3. The molecule has 0 aliphatic carbocycles. The lowest BCUT2D eigenvalue weighted by Crippen LogP contribution is -2.47. The van der Waals surface area contributed by atoms with Crippen LogP contribution in [0, 0.1) is 5.92 Å². The van der Waals surface area contributed by atoms with E-state index in [4.69, 9.17) is 10.5 Å². The van der Waals surface area contributed by atoms with Crippen molar-refractivity contribution in [3.63, 3.8) is 0 Å². The Kier molecular flexibility index (Phi) is 9.14. The van der Waals surface area contributed by atoms with Crippen molar-refractivity contribution in [2.45, 2.75) is 33.4 Å². The quantitative estimate of drug-likeness (QED) is 0.462. The van der Waals surface area contributed by atoms with Gasteiger partial charge in [-0.3, -0.25) is 14.4 Å². The summed E-state index contributed by atoms with van der Waals surface area (Å²) in [7, 11) is 0. The molecule has 0 saturated carbocycles. The number of carbonyl (C=O) groups excluding carboxylic acids is 3. The number of hydrogen-bond acceptors (Lipinski definition) is 5. The molecule has 1 aromatic carbocycles. The summed E-state index contributed by atoms with van der Waals surface area (Å²) in [5.41, 5.74) is 6.53. The molecule has 8 heteroatoms. The molecule has 0 aliphatic rings. The van der Waals surface area contributed by atoms with Gasteiger partial charge in [-0.15, -0.1) is 0 Å². The van der Waals surface area contributed by atoms with E-state index >= 15 is 0 Å². The summed E-state index contributed by atoms with van der Waals surface area (Å²) in [5.74, 6) is -0.320. The van der Waals surface area contributed by atoms with Crippen LogP contribution < -0.4 is 26.4 Å². The summed E-state index contributed by atoms with van der Waals surface area (Å²) in [6.07, 6.45) is 0. The van der Waals surface area contributed by atoms with Crippen molar-refractivity contribution < 1.29 is 19.1 Å². The van der Waals surface area contributed by atoms with Crippen LogP contribution in [0.25, 0.3) is 0 Å². The van der Waals surface area contributed by atoms with Crippen LogP contribution in [0.4, 0.5) is 0 Å². The van der Waals surface area contributed by atoms with Crippen LogP contribution in [0.3, 0.4) is 0 Å². The lowest BCUT2D eigenvalue weighted by molar-refractivity contribution is -0.127. The van der Waals surface area contributed by atoms with Gasteiger partial charge in [0.05, 0.1) is 12.6 Å². The molecule has 1 atom stereocenters. The first kappa shape index (κ1) is 21.4. The second-order valence-electron chi connectivity index (χ2n) is 6.15. The number of likely N-dealkylation sites (N-methyl/N-ethyl adjacent to an activating group) is 1. The van der Waals surface area contributed by atoms with Crippen molar-refractivity contribution >= 4 is 17.7 Å². The summed E-state index contributed by atoms with van der Waals surface area (Å²) in [4.78, 5) is 34.9. The van der Waals surface area contributed by atoms with E-state index in [1.54, 1.807) is 18.2 Å². The molecule has 0 aromatic heterocycles. The van der Waals surface area contributed by atoms with Crippen molar-refractivity contribution in [1.82, 2.24) is 16.0 Å². The van der Waals surface area contributed by atoms with Crippen LogP contribution >= 0.6 is 0 Å². The minimum atomic E-state index is -0.637. The van der Waals surface area contributed by atoms with E-state index in [1.165, 1.54) is 0 Å². The minimum Gasteiger partial charge on any atom is -0.484 e. The monoisotopic (exact) mass is 364 g/mol. The van der Waals surface area contributed by atoms with Crippen LogP contribution in [0.2, 0.25) is 0 Å². The summed E-state index contributed by atoms with van der Waals surface area (Å²) < 4.78 is 5.40.